The highest BCUT2D eigenvalue weighted by atomic mass is 16.8. The molecule has 5 heterocycles. The highest BCUT2D eigenvalue weighted by Gasteiger charge is 2.68. The number of ether oxygens (including phenoxy) is 10. The maximum Gasteiger partial charge on any atom is 0.187 e. The van der Waals surface area contributed by atoms with Gasteiger partial charge in [0.1, 0.15) is 91.6 Å². The summed E-state index contributed by atoms with van der Waals surface area (Å²) in [4.78, 5) is 0. The highest BCUT2D eigenvalue weighted by molar-refractivity contribution is 5.26. The molecule has 9 aliphatic rings. The molecule has 31 atom stereocenters. The minimum absolute atomic E-state index is 0.00195. The molecule has 75 heavy (non-hydrogen) atoms. The molecule has 4 aliphatic carbocycles. The summed E-state index contributed by atoms with van der Waals surface area (Å²) in [6.07, 6.45) is -21.1. The lowest BCUT2D eigenvalue weighted by atomic mass is 9.47. The monoisotopic (exact) mass is 1080 g/mol. The Hall–Kier alpha value is -1.18. The van der Waals surface area contributed by atoms with Gasteiger partial charge in [-0.25, -0.2) is 0 Å². The fourth-order valence-corrected chi connectivity index (χ4v) is 15.3. The smallest absolute Gasteiger partial charge is 0.187 e. The lowest BCUT2D eigenvalue weighted by Gasteiger charge is -2.58. The minimum Gasteiger partial charge on any atom is -0.394 e. The van der Waals surface area contributed by atoms with Gasteiger partial charge in [0.2, 0.25) is 0 Å². The zero-order valence-electron chi connectivity index (χ0n) is 43.8. The number of fused-ring (bicyclic) bond motifs is 7. The van der Waals surface area contributed by atoms with Crippen LogP contribution in [0.5, 0.6) is 0 Å². The van der Waals surface area contributed by atoms with Crippen LogP contribution in [0.3, 0.4) is 0 Å². The number of rotatable bonds is 16. The predicted octanol–water partition coefficient (Wildman–Crippen LogP) is -2.35. The Bertz CT molecular complexity index is 1930. The molecule has 9 rings (SSSR count). The number of aliphatic hydroxyl groups excluding tert-OH is 13. The van der Waals surface area contributed by atoms with Gasteiger partial charge in [-0.05, 0) is 98.7 Å². The van der Waals surface area contributed by atoms with Crippen molar-refractivity contribution < 1.29 is 114 Å². The Balaban J connectivity index is 0.856. The summed E-state index contributed by atoms with van der Waals surface area (Å²) in [5.41, 5.74) is 1.14. The minimum atomic E-state index is -1.85. The van der Waals surface area contributed by atoms with Gasteiger partial charge in [0, 0.05) is 19.4 Å². The molecule has 0 aromatic carbocycles. The molecule has 0 bridgehead atoms. The normalized spacial score (nSPS) is 54.3. The molecule has 0 spiro atoms. The van der Waals surface area contributed by atoms with Crippen LogP contribution in [-0.2, 0) is 47.4 Å². The summed E-state index contributed by atoms with van der Waals surface area (Å²) in [7, 11) is 1.71. The zero-order chi connectivity index (χ0) is 54.2. The Labute approximate surface area is 437 Å². The topological polar surface area (TPSA) is 355 Å². The third-order valence-corrected chi connectivity index (χ3v) is 19.8. The summed E-state index contributed by atoms with van der Waals surface area (Å²) in [5, 5.41) is 137. The Morgan fingerprint density at radius 2 is 1.23 bits per heavy atom. The first-order valence-electron chi connectivity index (χ1n) is 27.3. The molecule has 8 fully saturated rings. The third kappa shape index (κ3) is 10.5. The number of hydrogen-bond acceptors (Lipinski definition) is 23. The van der Waals surface area contributed by atoms with Crippen LogP contribution in [0.2, 0.25) is 0 Å². The zero-order valence-corrected chi connectivity index (χ0v) is 43.8. The Kier molecular flexibility index (Phi) is 17.9. The third-order valence-electron chi connectivity index (χ3n) is 19.8. The van der Waals surface area contributed by atoms with Crippen LogP contribution in [-0.4, -0.2) is 241 Å². The lowest BCUT2D eigenvalue weighted by molar-refractivity contribution is -0.389. The molecule has 23 nitrogen and oxygen atoms in total. The second-order valence-electron chi connectivity index (χ2n) is 24.0. The van der Waals surface area contributed by atoms with Gasteiger partial charge in [-0.1, -0.05) is 39.3 Å². The average Bonchev–Trinajstić information content (AvgIpc) is 3.86. The van der Waals surface area contributed by atoms with Gasteiger partial charge in [0.15, 0.2) is 30.9 Å². The molecule has 1 unspecified atom stereocenters. The van der Waals surface area contributed by atoms with E-state index in [0.717, 1.165) is 32.1 Å². The second-order valence-corrected chi connectivity index (χ2v) is 24.0. The molecule has 0 aromatic rings. The highest BCUT2D eigenvalue weighted by Crippen LogP contribution is 2.70. The van der Waals surface area contributed by atoms with Gasteiger partial charge in [-0.2, -0.15) is 0 Å². The van der Waals surface area contributed by atoms with Crippen molar-refractivity contribution in [3.63, 3.8) is 0 Å². The van der Waals surface area contributed by atoms with Crippen LogP contribution >= 0.6 is 0 Å². The summed E-state index contributed by atoms with van der Waals surface area (Å²) < 4.78 is 61.3. The van der Waals surface area contributed by atoms with E-state index in [1.165, 1.54) is 12.5 Å². The second kappa shape index (κ2) is 23.0. The van der Waals surface area contributed by atoms with E-state index in [1.807, 2.05) is 6.92 Å². The van der Waals surface area contributed by atoms with E-state index in [9.17, 15) is 66.4 Å². The van der Waals surface area contributed by atoms with Gasteiger partial charge in [-0.3, -0.25) is 0 Å². The van der Waals surface area contributed by atoms with Crippen LogP contribution < -0.4 is 0 Å². The molecule has 3 saturated carbocycles. The molecule has 23 heteroatoms. The molecule has 5 aliphatic heterocycles. The summed E-state index contributed by atoms with van der Waals surface area (Å²) in [6.45, 7) is 8.76. The molecular formula is C52H86O23. The van der Waals surface area contributed by atoms with E-state index in [2.05, 4.69) is 26.8 Å². The van der Waals surface area contributed by atoms with Gasteiger partial charge in [-0.15, -0.1) is 0 Å². The molecular weight excluding hydrogens is 993 g/mol. The molecule has 13 N–H and O–H groups in total. The quantitative estimate of drug-likeness (QED) is 0.0720. The number of aliphatic hydroxyl groups is 13. The summed E-state index contributed by atoms with van der Waals surface area (Å²) in [6, 6.07) is 0. The summed E-state index contributed by atoms with van der Waals surface area (Å²) in [5.74, 6) is 0.806. The lowest BCUT2D eigenvalue weighted by Crippen LogP contribution is -2.67. The van der Waals surface area contributed by atoms with Gasteiger partial charge < -0.3 is 114 Å². The van der Waals surface area contributed by atoms with Crippen molar-refractivity contribution in [1.82, 2.24) is 0 Å². The average molecular weight is 1080 g/mol. The first kappa shape index (κ1) is 58.5. The first-order chi connectivity index (χ1) is 35.6. The van der Waals surface area contributed by atoms with Crippen molar-refractivity contribution in [3.8, 4) is 0 Å². The van der Waals surface area contributed by atoms with Crippen molar-refractivity contribution in [1.29, 1.82) is 0 Å². The van der Waals surface area contributed by atoms with E-state index >= 15 is 0 Å². The number of hydrogen-bond donors (Lipinski definition) is 13. The summed E-state index contributed by atoms with van der Waals surface area (Å²) >= 11 is 0. The van der Waals surface area contributed by atoms with Crippen molar-refractivity contribution in [2.75, 3.05) is 33.5 Å². The van der Waals surface area contributed by atoms with E-state index in [-0.39, 0.29) is 41.3 Å². The van der Waals surface area contributed by atoms with E-state index in [1.54, 1.807) is 7.11 Å². The van der Waals surface area contributed by atoms with E-state index in [0.29, 0.717) is 43.4 Å². The van der Waals surface area contributed by atoms with Crippen molar-refractivity contribution in [3.05, 3.63) is 11.6 Å². The van der Waals surface area contributed by atoms with E-state index in [4.69, 9.17) is 47.4 Å². The SMILES string of the molecule is COC1(CC[C@@H](C)CO[C@@H]2O[C@H](CO)[C@@H](O)[C@H](O)[C@H]2O)O[C@H]2C[C@H]3[C@@H]4CC=C5C[C@@H](O[C@@H]6O[C@H](CO)[C@@H](O[C@@H]7O[C@H](CO)[C@@H](O)[C@H](O)[C@H]7O)[C@H](O)[C@H]6O[C@@H]6O[C@@H](C)[C@H](O)[C@@H](O)[C@H]6O)CC[C@]5(C)[C@H]4CC[C@]3(C)[C@H]2[C@@H]1C. The van der Waals surface area contributed by atoms with Crippen molar-refractivity contribution in [2.24, 2.45) is 46.3 Å². The van der Waals surface area contributed by atoms with Gasteiger partial charge in [0.05, 0.1) is 44.7 Å². The molecule has 0 radical (unpaired) electrons. The predicted molar refractivity (Wildman–Crippen MR) is 255 cm³/mol. The van der Waals surface area contributed by atoms with Crippen molar-refractivity contribution >= 4 is 0 Å². The first-order valence-corrected chi connectivity index (χ1v) is 27.3. The van der Waals surface area contributed by atoms with Crippen molar-refractivity contribution in [2.45, 2.75) is 233 Å². The number of methoxy groups -OCH3 is 1. The van der Waals surface area contributed by atoms with Crippen LogP contribution in [0.15, 0.2) is 11.6 Å². The largest absolute Gasteiger partial charge is 0.394 e. The van der Waals surface area contributed by atoms with Crippen LogP contribution in [0.4, 0.5) is 0 Å². The molecule has 0 amide bonds. The fourth-order valence-electron chi connectivity index (χ4n) is 15.3. The van der Waals surface area contributed by atoms with Gasteiger partial charge in [0.25, 0.3) is 0 Å². The fraction of sp³-hybridized carbons (Fsp3) is 0.962. The molecule has 5 saturated heterocycles. The maximum atomic E-state index is 12.1. The standard InChI is InChI=1S/C52H86O23/c1-21(20-67-46-40(62)38(60)35(57)30(17-53)70-46)9-14-52(66-6)22(2)33-29(75-52)16-28-26-8-7-24-15-25(10-12-50(24,4)27(26)11-13-51(28,33)5)69-49-45(74-47-41(63)37(59)34(56)23(3)68-47)43(65)44(32(19-55)72-49)73-48-42(64)39(61)36(58)31(18-54)71-48/h7,21-23,25-49,53-65H,8-20H2,1-6H3/t21-,22+,23+,25+,26-,27+,28+,29+,30-,31-,32-,33+,34+,35-,36-,37-,38+,39+,40-,41-,42-,43+,44-,45-,46-,47+,48+,49-,50+,51+,52?/m1/s1. The van der Waals surface area contributed by atoms with Crippen LogP contribution in [0, 0.1) is 46.3 Å². The number of allylic oxidation sites excluding steroid dienone is 1. The maximum absolute atomic E-state index is 12.1. The van der Waals surface area contributed by atoms with Gasteiger partial charge >= 0.3 is 0 Å². The molecule has 0 aromatic heterocycles. The van der Waals surface area contributed by atoms with Crippen LogP contribution in [0.1, 0.15) is 92.4 Å². The Morgan fingerprint density at radius 3 is 1.87 bits per heavy atom. The van der Waals surface area contributed by atoms with E-state index < -0.39 is 155 Å². The Morgan fingerprint density at radius 1 is 0.640 bits per heavy atom. The van der Waals surface area contributed by atoms with Crippen LogP contribution in [0.25, 0.3) is 0 Å². The molecule has 432 valence electrons.